The molecule has 1 heterocycles. The van der Waals surface area contributed by atoms with Gasteiger partial charge in [0.05, 0.1) is 7.11 Å². The molecule has 0 aliphatic heterocycles. The van der Waals surface area contributed by atoms with Crippen LogP contribution >= 0.6 is 0 Å². The summed E-state index contributed by atoms with van der Waals surface area (Å²) in [5, 5.41) is 3.16. The molecular formula is C22H23N3O2. The number of aromatic nitrogens is 2. The number of nitrogens with one attached hydrogen (secondary N) is 1. The molecule has 3 aromatic rings. The van der Waals surface area contributed by atoms with Crippen LogP contribution in [0.4, 0.5) is 0 Å². The van der Waals surface area contributed by atoms with Crippen LogP contribution in [-0.4, -0.2) is 22.6 Å². The van der Waals surface area contributed by atoms with E-state index in [2.05, 4.69) is 16.4 Å². The first-order valence-electron chi connectivity index (χ1n) is 9.19. The number of ether oxygens (including phenoxy) is 1. The molecule has 5 nitrogen and oxygen atoms in total. The number of hydrogen-bond acceptors (Lipinski definition) is 3. The Morgan fingerprint density at radius 1 is 1.19 bits per heavy atom. The van der Waals surface area contributed by atoms with Crippen molar-refractivity contribution in [1.29, 1.82) is 0 Å². The van der Waals surface area contributed by atoms with E-state index in [9.17, 15) is 4.79 Å². The smallest absolute Gasteiger partial charge is 0.252 e. The monoisotopic (exact) mass is 361 g/mol. The fourth-order valence-corrected chi connectivity index (χ4v) is 3.70. The lowest BCUT2D eigenvalue weighted by molar-refractivity contribution is 0.0941. The molecule has 2 aromatic carbocycles. The van der Waals surface area contributed by atoms with E-state index in [1.54, 1.807) is 13.3 Å². The second-order valence-electron chi connectivity index (χ2n) is 6.92. The number of aryl methyl sites for hydroxylation is 3. The average molecular weight is 361 g/mol. The molecule has 1 aliphatic rings. The van der Waals surface area contributed by atoms with Crippen LogP contribution in [0, 0.1) is 0 Å². The van der Waals surface area contributed by atoms with Crippen LogP contribution in [0.2, 0.25) is 0 Å². The summed E-state index contributed by atoms with van der Waals surface area (Å²) in [7, 11) is 3.56. The minimum Gasteiger partial charge on any atom is -0.497 e. The van der Waals surface area contributed by atoms with Crippen LogP contribution in [0.1, 0.15) is 45.3 Å². The molecule has 0 saturated carbocycles. The molecular weight excluding hydrogens is 338 g/mol. The first-order valence-corrected chi connectivity index (χ1v) is 9.19. The number of nitrogens with zero attached hydrogens (tertiary/aromatic N) is 2. The van der Waals surface area contributed by atoms with Gasteiger partial charge in [-0.2, -0.15) is 0 Å². The van der Waals surface area contributed by atoms with E-state index in [0.717, 1.165) is 30.0 Å². The molecule has 0 radical (unpaired) electrons. The molecule has 138 valence electrons. The van der Waals surface area contributed by atoms with Gasteiger partial charge < -0.3 is 14.6 Å². The predicted molar refractivity (Wildman–Crippen MR) is 104 cm³/mol. The van der Waals surface area contributed by atoms with Gasteiger partial charge in [-0.15, -0.1) is 0 Å². The maximum atomic E-state index is 13.0. The zero-order chi connectivity index (χ0) is 18.8. The van der Waals surface area contributed by atoms with E-state index in [1.807, 2.05) is 54.2 Å². The van der Waals surface area contributed by atoms with Crippen molar-refractivity contribution < 1.29 is 9.53 Å². The minimum absolute atomic E-state index is 0.0967. The average Bonchev–Trinajstić information content (AvgIpc) is 3.34. The van der Waals surface area contributed by atoms with Gasteiger partial charge in [-0.25, -0.2) is 4.98 Å². The number of imidazole rings is 1. The van der Waals surface area contributed by atoms with E-state index in [1.165, 1.54) is 17.5 Å². The van der Waals surface area contributed by atoms with Gasteiger partial charge in [0, 0.05) is 25.0 Å². The number of benzene rings is 2. The van der Waals surface area contributed by atoms with Gasteiger partial charge in [0.1, 0.15) is 17.6 Å². The van der Waals surface area contributed by atoms with Crippen molar-refractivity contribution >= 4 is 5.91 Å². The number of methoxy groups -OCH3 is 1. The Bertz CT molecular complexity index is 977. The molecule has 4 rings (SSSR count). The topological polar surface area (TPSA) is 56.1 Å². The molecule has 1 atom stereocenters. The van der Waals surface area contributed by atoms with Crippen molar-refractivity contribution in [3.8, 4) is 5.75 Å². The fourth-order valence-electron chi connectivity index (χ4n) is 3.70. The largest absolute Gasteiger partial charge is 0.497 e. The van der Waals surface area contributed by atoms with Crippen molar-refractivity contribution in [3.63, 3.8) is 0 Å². The third kappa shape index (κ3) is 3.45. The Hall–Kier alpha value is -3.08. The number of rotatable bonds is 5. The van der Waals surface area contributed by atoms with E-state index in [0.29, 0.717) is 5.56 Å². The van der Waals surface area contributed by atoms with Crippen LogP contribution in [0.15, 0.2) is 54.9 Å². The van der Waals surface area contributed by atoms with Crippen molar-refractivity contribution in [3.05, 3.63) is 82.9 Å². The summed E-state index contributed by atoms with van der Waals surface area (Å²) in [6.07, 6.45) is 6.94. The summed E-state index contributed by atoms with van der Waals surface area (Å²) in [5.74, 6) is 1.43. The van der Waals surface area contributed by atoms with Gasteiger partial charge in [-0.3, -0.25) is 4.79 Å². The van der Waals surface area contributed by atoms with Gasteiger partial charge in [-0.05, 0) is 60.2 Å². The standard InChI is InChI=1S/C22H23N3O2/c1-25-12-11-23-21(25)20(17-7-4-8-19(14-17)27-2)24-22(26)18-10-9-15-5-3-6-16(15)13-18/h4,7-14,20H,3,5-6H2,1-2H3,(H,24,26)/t20-/m0/s1. The highest BCUT2D eigenvalue weighted by Crippen LogP contribution is 2.26. The van der Waals surface area contributed by atoms with Crippen molar-refractivity contribution in [2.45, 2.75) is 25.3 Å². The molecule has 1 N–H and O–H groups in total. The predicted octanol–water partition coefficient (Wildman–Crippen LogP) is 3.44. The first-order chi connectivity index (χ1) is 13.2. The Labute approximate surface area is 159 Å². The zero-order valence-corrected chi connectivity index (χ0v) is 15.6. The summed E-state index contributed by atoms with van der Waals surface area (Å²) in [6.45, 7) is 0. The Kier molecular flexibility index (Phi) is 4.67. The first kappa shape index (κ1) is 17.3. The number of hydrogen-bond donors (Lipinski definition) is 1. The van der Waals surface area contributed by atoms with E-state index < -0.39 is 0 Å². The van der Waals surface area contributed by atoms with Gasteiger partial charge >= 0.3 is 0 Å². The zero-order valence-electron chi connectivity index (χ0n) is 15.6. The lowest BCUT2D eigenvalue weighted by Crippen LogP contribution is -2.31. The Morgan fingerprint density at radius 2 is 2.04 bits per heavy atom. The van der Waals surface area contributed by atoms with Gasteiger partial charge in [0.15, 0.2) is 0 Å². The lowest BCUT2D eigenvalue weighted by Gasteiger charge is -2.20. The SMILES string of the molecule is COc1cccc([C@H](NC(=O)c2ccc3c(c2)CCC3)c2nccn2C)c1. The van der Waals surface area contributed by atoms with Crippen LogP contribution < -0.4 is 10.1 Å². The molecule has 27 heavy (non-hydrogen) atoms. The van der Waals surface area contributed by atoms with Gasteiger partial charge in [0.25, 0.3) is 5.91 Å². The molecule has 0 spiro atoms. The van der Waals surface area contributed by atoms with Crippen LogP contribution in [0.3, 0.4) is 0 Å². The minimum atomic E-state index is -0.360. The quantitative estimate of drug-likeness (QED) is 0.757. The molecule has 0 saturated heterocycles. The van der Waals surface area contributed by atoms with E-state index >= 15 is 0 Å². The molecule has 0 bridgehead atoms. The highest BCUT2D eigenvalue weighted by Gasteiger charge is 2.23. The van der Waals surface area contributed by atoms with Gasteiger partial charge in [0.2, 0.25) is 0 Å². The number of fused-ring (bicyclic) bond motifs is 1. The number of amides is 1. The summed E-state index contributed by atoms with van der Waals surface area (Å²) < 4.78 is 7.28. The highest BCUT2D eigenvalue weighted by atomic mass is 16.5. The number of carbonyl (C=O) groups excluding carboxylic acids is 1. The summed E-state index contributed by atoms with van der Waals surface area (Å²) >= 11 is 0. The highest BCUT2D eigenvalue weighted by molar-refractivity contribution is 5.95. The second-order valence-corrected chi connectivity index (χ2v) is 6.92. The van der Waals surface area contributed by atoms with E-state index in [4.69, 9.17) is 4.74 Å². The summed E-state index contributed by atoms with van der Waals surface area (Å²) in [5.41, 5.74) is 4.27. The number of carbonyl (C=O) groups is 1. The van der Waals surface area contributed by atoms with Crippen LogP contribution in [0.25, 0.3) is 0 Å². The molecule has 1 aliphatic carbocycles. The third-order valence-electron chi connectivity index (χ3n) is 5.18. The Morgan fingerprint density at radius 3 is 2.81 bits per heavy atom. The third-order valence-corrected chi connectivity index (χ3v) is 5.18. The Balaban J connectivity index is 1.67. The normalized spacial score (nSPS) is 13.9. The summed E-state index contributed by atoms with van der Waals surface area (Å²) in [6, 6.07) is 13.4. The van der Waals surface area contributed by atoms with Crippen LogP contribution in [0.5, 0.6) is 5.75 Å². The fraction of sp³-hybridized carbons (Fsp3) is 0.273. The molecule has 0 fully saturated rings. The molecule has 1 aromatic heterocycles. The molecule has 0 unspecified atom stereocenters. The van der Waals surface area contributed by atoms with Crippen molar-refractivity contribution in [2.75, 3.05) is 7.11 Å². The molecule has 5 heteroatoms. The van der Waals surface area contributed by atoms with Crippen molar-refractivity contribution in [2.24, 2.45) is 7.05 Å². The van der Waals surface area contributed by atoms with Crippen LogP contribution in [-0.2, 0) is 19.9 Å². The van der Waals surface area contributed by atoms with Gasteiger partial charge in [-0.1, -0.05) is 18.2 Å². The maximum absolute atomic E-state index is 13.0. The summed E-state index contributed by atoms with van der Waals surface area (Å²) in [4.78, 5) is 17.5. The second kappa shape index (κ2) is 7.27. The lowest BCUT2D eigenvalue weighted by atomic mass is 10.0. The molecule has 1 amide bonds. The van der Waals surface area contributed by atoms with E-state index in [-0.39, 0.29) is 11.9 Å². The maximum Gasteiger partial charge on any atom is 0.252 e. The van der Waals surface area contributed by atoms with Crippen molar-refractivity contribution in [1.82, 2.24) is 14.9 Å².